The molecule has 0 bridgehead atoms. The molecule has 2 atom stereocenters. The van der Waals surface area contributed by atoms with Crippen LogP contribution >= 0.6 is 0 Å². The quantitative estimate of drug-likeness (QED) is 0.808. The van der Waals surface area contributed by atoms with Gasteiger partial charge < -0.3 is 14.8 Å². The summed E-state index contributed by atoms with van der Waals surface area (Å²) in [6.07, 6.45) is 5.30. The van der Waals surface area contributed by atoms with Crippen molar-refractivity contribution < 1.29 is 9.47 Å². The number of aryl methyl sites for hydroxylation is 1. The van der Waals surface area contributed by atoms with Crippen molar-refractivity contribution >= 4 is 0 Å². The van der Waals surface area contributed by atoms with Gasteiger partial charge in [-0.1, -0.05) is 12.1 Å². The van der Waals surface area contributed by atoms with Gasteiger partial charge in [0.25, 0.3) is 0 Å². The minimum Gasteiger partial charge on any atom is -0.494 e. The number of benzene rings is 1. The Bertz CT molecular complexity index is 641. The van der Waals surface area contributed by atoms with Crippen LogP contribution in [0, 0.1) is 5.92 Å². The molecule has 1 aromatic heterocycles. The van der Waals surface area contributed by atoms with Gasteiger partial charge in [-0.25, -0.2) is 0 Å². The first-order valence-corrected chi connectivity index (χ1v) is 8.86. The number of nitrogens with zero attached hydrogens (tertiary/aromatic N) is 2. The molecule has 0 saturated carbocycles. The third-order valence-electron chi connectivity index (χ3n) is 4.47. The minimum atomic E-state index is 0.160. The molecule has 1 aliphatic rings. The zero-order valence-electron chi connectivity index (χ0n) is 14.6. The van der Waals surface area contributed by atoms with Crippen molar-refractivity contribution in [3.05, 3.63) is 47.8 Å². The lowest BCUT2D eigenvalue weighted by Gasteiger charge is -2.18. The van der Waals surface area contributed by atoms with Crippen molar-refractivity contribution in [2.45, 2.75) is 39.5 Å². The maximum atomic E-state index is 5.95. The van der Waals surface area contributed by atoms with Crippen LogP contribution in [0.25, 0.3) is 0 Å². The third-order valence-corrected chi connectivity index (χ3v) is 4.47. The average molecular weight is 329 g/mol. The standard InChI is InChI=1S/C19H27N3O2/c1-3-22-14-17(13-21-22)19-16(8-9-24-19)12-20-11-15-6-5-7-18(10-15)23-4-2/h5-7,10,13-14,16,19-20H,3-4,8-9,11-12H2,1-2H3/t16-,19-/m0/s1. The molecule has 5 nitrogen and oxygen atoms in total. The smallest absolute Gasteiger partial charge is 0.119 e. The molecule has 24 heavy (non-hydrogen) atoms. The Hall–Kier alpha value is -1.85. The Balaban J connectivity index is 1.53. The molecule has 2 aromatic rings. The van der Waals surface area contributed by atoms with E-state index in [1.54, 1.807) is 0 Å². The molecule has 1 aromatic carbocycles. The fraction of sp³-hybridized carbons (Fsp3) is 0.526. The van der Waals surface area contributed by atoms with Crippen molar-refractivity contribution in [1.82, 2.24) is 15.1 Å². The highest BCUT2D eigenvalue weighted by Crippen LogP contribution is 2.33. The van der Waals surface area contributed by atoms with E-state index in [0.29, 0.717) is 12.5 Å². The van der Waals surface area contributed by atoms with E-state index in [2.05, 4.69) is 35.7 Å². The highest BCUT2D eigenvalue weighted by molar-refractivity contribution is 5.28. The highest BCUT2D eigenvalue weighted by Gasteiger charge is 2.30. The fourth-order valence-electron chi connectivity index (χ4n) is 3.22. The average Bonchev–Trinajstić information content (AvgIpc) is 3.24. The zero-order chi connectivity index (χ0) is 16.8. The predicted octanol–water partition coefficient (Wildman–Crippen LogP) is 3.17. The molecule has 3 rings (SSSR count). The molecule has 0 aliphatic carbocycles. The van der Waals surface area contributed by atoms with E-state index < -0.39 is 0 Å². The second-order valence-corrected chi connectivity index (χ2v) is 6.18. The van der Waals surface area contributed by atoms with Gasteiger partial charge in [-0.2, -0.15) is 5.10 Å². The summed E-state index contributed by atoms with van der Waals surface area (Å²) in [6.45, 7) is 8.32. The van der Waals surface area contributed by atoms with E-state index in [0.717, 1.165) is 38.4 Å². The molecule has 0 spiro atoms. The van der Waals surface area contributed by atoms with E-state index in [1.807, 2.05) is 29.9 Å². The predicted molar refractivity (Wildman–Crippen MR) is 94.0 cm³/mol. The third kappa shape index (κ3) is 4.16. The monoisotopic (exact) mass is 329 g/mol. The minimum absolute atomic E-state index is 0.160. The fourth-order valence-corrected chi connectivity index (χ4v) is 3.22. The molecule has 0 unspecified atom stereocenters. The molecule has 5 heteroatoms. The van der Waals surface area contributed by atoms with Crippen LogP contribution in [0.15, 0.2) is 36.7 Å². The van der Waals surface area contributed by atoms with Crippen molar-refractivity contribution in [3.63, 3.8) is 0 Å². The summed E-state index contributed by atoms with van der Waals surface area (Å²) in [6, 6.07) is 8.27. The van der Waals surface area contributed by atoms with E-state index >= 15 is 0 Å². The summed E-state index contributed by atoms with van der Waals surface area (Å²) in [4.78, 5) is 0. The van der Waals surface area contributed by atoms with E-state index in [4.69, 9.17) is 9.47 Å². The van der Waals surface area contributed by atoms with Gasteiger partial charge in [0.1, 0.15) is 5.75 Å². The Labute approximate surface area is 144 Å². The Kier molecular flexibility index (Phi) is 5.88. The number of hydrogen-bond acceptors (Lipinski definition) is 4. The van der Waals surface area contributed by atoms with Crippen LogP contribution in [0.1, 0.15) is 37.5 Å². The van der Waals surface area contributed by atoms with Gasteiger partial charge in [0.05, 0.1) is 18.9 Å². The van der Waals surface area contributed by atoms with Crippen LogP contribution in [0.3, 0.4) is 0 Å². The van der Waals surface area contributed by atoms with Crippen LogP contribution in [0.5, 0.6) is 5.75 Å². The van der Waals surface area contributed by atoms with Crippen molar-refractivity contribution in [2.75, 3.05) is 19.8 Å². The first-order valence-electron chi connectivity index (χ1n) is 8.86. The number of aromatic nitrogens is 2. The lowest BCUT2D eigenvalue weighted by atomic mass is 9.97. The van der Waals surface area contributed by atoms with Crippen LogP contribution in [0.4, 0.5) is 0 Å². The molecule has 1 fully saturated rings. The maximum absolute atomic E-state index is 5.95. The Morgan fingerprint density at radius 2 is 2.29 bits per heavy atom. The molecule has 1 N–H and O–H groups in total. The first kappa shape index (κ1) is 17.0. The van der Waals surface area contributed by atoms with Gasteiger partial charge in [-0.15, -0.1) is 0 Å². The molecular formula is C19H27N3O2. The van der Waals surface area contributed by atoms with Gasteiger partial charge in [0.2, 0.25) is 0 Å². The summed E-state index contributed by atoms with van der Waals surface area (Å²) < 4.78 is 13.5. The number of hydrogen-bond donors (Lipinski definition) is 1. The first-order chi connectivity index (χ1) is 11.8. The molecule has 1 saturated heterocycles. The maximum Gasteiger partial charge on any atom is 0.119 e. The van der Waals surface area contributed by atoms with Gasteiger partial charge in [-0.05, 0) is 38.0 Å². The van der Waals surface area contributed by atoms with Crippen LogP contribution in [-0.4, -0.2) is 29.5 Å². The van der Waals surface area contributed by atoms with Crippen LogP contribution < -0.4 is 10.1 Å². The summed E-state index contributed by atoms with van der Waals surface area (Å²) in [5, 5.41) is 7.94. The highest BCUT2D eigenvalue weighted by atomic mass is 16.5. The molecular weight excluding hydrogens is 302 g/mol. The Morgan fingerprint density at radius 1 is 1.38 bits per heavy atom. The second-order valence-electron chi connectivity index (χ2n) is 6.18. The van der Waals surface area contributed by atoms with Crippen molar-refractivity contribution in [2.24, 2.45) is 5.92 Å². The largest absolute Gasteiger partial charge is 0.494 e. The number of nitrogens with one attached hydrogen (secondary N) is 1. The molecule has 130 valence electrons. The van der Waals surface area contributed by atoms with Gasteiger partial charge in [0.15, 0.2) is 0 Å². The molecule has 1 aliphatic heterocycles. The van der Waals surface area contributed by atoms with E-state index in [1.165, 1.54) is 11.1 Å². The summed E-state index contributed by atoms with van der Waals surface area (Å²) in [5.74, 6) is 1.43. The van der Waals surface area contributed by atoms with E-state index in [9.17, 15) is 0 Å². The van der Waals surface area contributed by atoms with Crippen LogP contribution in [-0.2, 0) is 17.8 Å². The van der Waals surface area contributed by atoms with Gasteiger partial charge >= 0.3 is 0 Å². The molecule has 2 heterocycles. The lowest BCUT2D eigenvalue weighted by molar-refractivity contribution is 0.0904. The number of rotatable bonds is 8. The van der Waals surface area contributed by atoms with Gasteiger partial charge in [0, 0.05) is 43.9 Å². The van der Waals surface area contributed by atoms with Crippen LogP contribution in [0.2, 0.25) is 0 Å². The van der Waals surface area contributed by atoms with Crippen molar-refractivity contribution in [1.29, 1.82) is 0 Å². The Morgan fingerprint density at radius 3 is 3.08 bits per heavy atom. The zero-order valence-corrected chi connectivity index (χ0v) is 14.6. The van der Waals surface area contributed by atoms with Crippen molar-refractivity contribution in [3.8, 4) is 5.75 Å². The number of ether oxygens (including phenoxy) is 2. The normalized spacial score (nSPS) is 20.4. The summed E-state index contributed by atoms with van der Waals surface area (Å²) in [7, 11) is 0. The second kappa shape index (κ2) is 8.31. The molecule has 0 amide bonds. The summed E-state index contributed by atoms with van der Waals surface area (Å²) in [5.41, 5.74) is 2.44. The lowest BCUT2D eigenvalue weighted by Crippen LogP contribution is -2.24. The topological polar surface area (TPSA) is 48.3 Å². The van der Waals surface area contributed by atoms with E-state index in [-0.39, 0.29) is 6.10 Å². The SMILES string of the molecule is CCOc1cccc(CNC[C@@H]2CCO[C@@H]2c2cnn(CC)c2)c1. The van der Waals surface area contributed by atoms with Gasteiger partial charge in [-0.3, -0.25) is 4.68 Å². The molecule has 0 radical (unpaired) electrons. The summed E-state index contributed by atoms with van der Waals surface area (Å²) >= 11 is 0.